The van der Waals surface area contributed by atoms with Crippen LogP contribution in [0.4, 0.5) is 0 Å². The number of aromatic nitrogens is 1. The van der Waals surface area contributed by atoms with E-state index in [0.29, 0.717) is 12.8 Å². The number of aromatic amines is 1. The summed E-state index contributed by atoms with van der Waals surface area (Å²) < 4.78 is 0. The Hall–Kier alpha value is -11.9. The average Bonchev–Trinajstić information content (AvgIpc) is 1.66. The highest BCUT2D eigenvalue weighted by atomic mass is 16.4. The third-order valence-electron chi connectivity index (χ3n) is 21.3. The molecule has 45 nitrogen and oxygen atoms in total. The zero-order valence-electron chi connectivity index (χ0n) is 73.3. The van der Waals surface area contributed by atoms with Gasteiger partial charge in [-0.3, -0.25) is 86.7 Å². The number of hydrogen-bond acceptors (Lipinski definition) is 23. The fourth-order valence-corrected chi connectivity index (χ4v) is 14.5. The number of rotatable bonds is 57. The summed E-state index contributed by atoms with van der Waals surface area (Å²) in [5.74, 6) is -17.5. The van der Waals surface area contributed by atoms with Gasteiger partial charge in [-0.1, -0.05) is 80.0 Å². The molecule has 1 aromatic heterocycles. The van der Waals surface area contributed by atoms with Gasteiger partial charge in [0.1, 0.15) is 78.5 Å². The van der Waals surface area contributed by atoms with Crippen LogP contribution in [0.25, 0.3) is 10.9 Å². The number of fused-ring (bicyclic) bond motifs is 1. The molecule has 3 heterocycles. The van der Waals surface area contributed by atoms with Gasteiger partial charge in [-0.05, 0) is 151 Å². The van der Waals surface area contributed by atoms with Crippen molar-refractivity contribution in [2.45, 2.75) is 268 Å². The van der Waals surface area contributed by atoms with Crippen molar-refractivity contribution in [3.05, 3.63) is 36.0 Å². The number of aliphatic hydroxyl groups is 2. The maximum atomic E-state index is 14.8. The second kappa shape index (κ2) is 54.1. The predicted molar refractivity (Wildman–Crippen MR) is 463 cm³/mol. The number of amides is 16. The molecular formula is C81H135N25O20. The molecule has 0 spiro atoms. The number of aliphatic carboxylic acids is 1. The van der Waals surface area contributed by atoms with Gasteiger partial charge in [0.05, 0.1) is 25.8 Å². The number of benzene rings is 1. The van der Waals surface area contributed by atoms with Gasteiger partial charge in [-0.25, -0.2) is 4.79 Å². The highest BCUT2D eigenvalue weighted by molar-refractivity contribution is 6.01. The summed E-state index contributed by atoms with van der Waals surface area (Å²) in [5, 5.41) is 61.5. The van der Waals surface area contributed by atoms with Gasteiger partial charge in [0.2, 0.25) is 94.5 Å². The van der Waals surface area contributed by atoms with Gasteiger partial charge < -0.3 is 140 Å². The number of guanidine groups is 2. The number of nitrogens with one attached hydrogen (secondary N) is 13. The molecule has 4 rings (SSSR count). The normalized spacial score (nSPS) is 16.8. The molecule has 0 radical (unpaired) electrons. The van der Waals surface area contributed by atoms with Crippen molar-refractivity contribution in [1.82, 2.24) is 78.6 Å². The molecule has 15 atom stereocenters. The van der Waals surface area contributed by atoms with Gasteiger partial charge in [-0.15, -0.1) is 0 Å². The monoisotopic (exact) mass is 1780 g/mol. The van der Waals surface area contributed by atoms with Crippen LogP contribution in [0.5, 0.6) is 0 Å². The summed E-state index contributed by atoms with van der Waals surface area (Å²) >= 11 is 0. The number of H-pyrrole nitrogens is 1. The van der Waals surface area contributed by atoms with Crippen LogP contribution in [-0.2, 0) is 87.9 Å². The molecule has 126 heavy (non-hydrogen) atoms. The summed E-state index contributed by atoms with van der Waals surface area (Å²) in [6.45, 7) is 11.1. The third-order valence-corrected chi connectivity index (χ3v) is 21.3. The Kier molecular flexibility index (Phi) is 45.7. The number of carboxylic acid groups (broad SMARTS) is 1. The van der Waals surface area contributed by atoms with Gasteiger partial charge in [0, 0.05) is 56.1 Å². The van der Waals surface area contributed by atoms with Gasteiger partial charge in [0.15, 0.2) is 11.9 Å². The molecule has 2 aliphatic rings. The summed E-state index contributed by atoms with van der Waals surface area (Å²) in [6, 6.07) is -12.5. The third kappa shape index (κ3) is 36.0. The number of nitrogens with zero attached hydrogens (tertiary/aromatic N) is 4. The van der Waals surface area contributed by atoms with E-state index in [-0.39, 0.29) is 152 Å². The first-order valence-corrected chi connectivity index (χ1v) is 42.9. The molecule has 32 N–H and O–H groups in total. The molecule has 2 aliphatic heterocycles. The van der Waals surface area contributed by atoms with E-state index in [4.69, 9.17) is 45.9 Å². The van der Waals surface area contributed by atoms with Crippen molar-refractivity contribution in [2.75, 3.05) is 52.5 Å². The SMILES string of the molecule is CC[C@H](C)[C@H](NC(=O)[C@H](CC(C)C)NC(=O)[C@H](CCCN=C(N)N)NC(=O)[C@H](CCCCN)NC(=O)[C@@H]1CCCN1C(=O)[C@H](CO)NC(=O)[C@H](CCC(N)=O)NC(=O)CNC(=O)[C@@H]1CCCN1C(=O)[C@H](CCCN=C(N)N)NC(=O)[C@H](CCC(N)=O)NC(=O)[C@H](CC(C)C)NC(=O)[C@H](CC(C)C)NC(=O)[C@@H](N)Cc1c[nH]c2ccccc12)C(=O)N[C@@H](CO)C(=O)O. The van der Waals surface area contributed by atoms with Crippen molar-refractivity contribution in [2.24, 2.45) is 79.5 Å². The molecule has 1 aromatic carbocycles. The molecule has 2 fully saturated rings. The minimum absolute atomic E-state index is 0.00108. The fraction of sp³-hybridized carbons (Fsp3) is 0.667. The molecule has 45 heteroatoms. The van der Waals surface area contributed by atoms with E-state index in [9.17, 15) is 96.8 Å². The second-order valence-electron chi connectivity index (χ2n) is 33.1. The lowest BCUT2D eigenvalue weighted by atomic mass is 9.96. The molecule has 0 unspecified atom stereocenters. The van der Waals surface area contributed by atoms with E-state index in [2.05, 4.69) is 78.8 Å². The van der Waals surface area contributed by atoms with Crippen LogP contribution in [0, 0.1) is 23.7 Å². The number of aliphatic hydroxyl groups excluding tert-OH is 2. The second-order valence-corrected chi connectivity index (χ2v) is 33.1. The van der Waals surface area contributed by atoms with Crippen LogP contribution in [0.1, 0.15) is 183 Å². The number of nitrogens with two attached hydrogens (primary N) is 8. The number of para-hydroxylation sites is 1. The van der Waals surface area contributed by atoms with Crippen LogP contribution in [0.2, 0.25) is 0 Å². The number of aliphatic imine (C=N–C) groups is 2. The zero-order chi connectivity index (χ0) is 94.2. The van der Waals surface area contributed by atoms with Crippen molar-refractivity contribution in [3.8, 4) is 0 Å². The summed E-state index contributed by atoms with van der Waals surface area (Å²) in [5.41, 5.74) is 47.2. The number of hydrogen-bond donors (Lipinski definition) is 24. The Balaban J connectivity index is 1.51. The van der Waals surface area contributed by atoms with Crippen LogP contribution >= 0.6 is 0 Å². The van der Waals surface area contributed by atoms with E-state index in [1.165, 1.54) is 0 Å². The van der Waals surface area contributed by atoms with Crippen LogP contribution < -0.4 is 110 Å². The lowest BCUT2D eigenvalue weighted by Gasteiger charge is -2.31. The maximum Gasteiger partial charge on any atom is 0.328 e. The minimum atomic E-state index is -1.81. The number of unbranched alkanes of at least 4 members (excludes halogenated alkanes) is 1. The first-order chi connectivity index (χ1) is 59.5. The van der Waals surface area contributed by atoms with Crippen molar-refractivity contribution in [3.63, 3.8) is 0 Å². The van der Waals surface area contributed by atoms with Gasteiger partial charge in [0.25, 0.3) is 0 Å². The van der Waals surface area contributed by atoms with Crippen LogP contribution in [0.3, 0.4) is 0 Å². The topological polar surface area (TPSA) is 750 Å². The van der Waals surface area contributed by atoms with Crippen molar-refractivity contribution >= 4 is 123 Å². The largest absolute Gasteiger partial charge is 0.480 e. The number of carbonyl (C=O) groups is 17. The highest BCUT2D eigenvalue weighted by Gasteiger charge is 2.43. The van der Waals surface area contributed by atoms with Crippen LogP contribution in [-0.4, -0.2) is 280 Å². The Morgan fingerprint density at radius 3 is 1.35 bits per heavy atom. The number of carboxylic acids is 1. The summed E-state index contributed by atoms with van der Waals surface area (Å²) in [6.07, 6.45) is 1.40. The van der Waals surface area contributed by atoms with Gasteiger partial charge >= 0.3 is 5.97 Å². The van der Waals surface area contributed by atoms with Crippen molar-refractivity contribution in [1.29, 1.82) is 0 Å². The number of primary amides is 2. The van der Waals surface area contributed by atoms with E-state index in [1.54, 1.807) is 47.7 Å². The zero-order valence-corrected chi connectivity index (χ0v) is 73.3. The lowest BCUT2D eigenvalue weighted by Crippen LogP contribution is -2.61. The summed E-state index contributed by atoms with van der Waals surface area (Å²) in [4.78, 5) is 249. The summed E-state index contributed by atoms with van der Waals surface area (Å²) in [7, 11) is 0. The molecule has 0 aliphatic carbocycles. The molecule has 16 amide bonds. The Morgan fingerprint density at radius 2 is 0.881 bits per heavy atom. The van der Waals surface area contributed by atoms with Gasteiger partial charge in [-0.2, -0.15) is 0 Å². The smallest absolute Gasteiger partial charge is 0.328 e. The van der Waals surface area contributed by atoms with E-state index < -0.39 is 236 Å². The molecular weight excluding hydrogens is 1640 g/mol. The Labute approximate surface area is 732 Å². The molecule has 2 saturated heterocycles. The average molecular weight is 1780 g/mol. The Morgan fingerprint density at radius 1 is 0.476 bits per heavy atom. The van der Waals surface area contributed by atoms with Crippen LogP contribution in [0.15, 0.2) is 40.4 Å². The first kappa shape index (κ1) is 106. The highest BCUT2D eigenvalue weighted by Crippen LogP contribution is 2.24. The van der Waals surface area contributed by atoms with E-state index in [1.807, 2.05) is 38.1 Å². The molecule has 0 bridgehead atoms. The lowest BCUT2D eigenvalue weighted by molar-refractivity contribution is -0.143. The minimum Gasteiger partial charge on any atom is -0.480 e. The van der Waals surface area contributed by atoms with E-state index in [0.717, 1.165) is 26.3 Å². The number of carbonyl (C=O) groups excluding carboxylic acids is 16. The molecule has 704 valence electrons. The molecule has 2 aromatic rings. The maximum absolute atomic E-state index is 14.8. The quantitative estimate of drug-likeness (QED) is 0.0166. The Bertz CT molecular complexity index is 4100. The first-order valence-electron chi connectivity index (χ1n) is 42.9. The standard InChI is InChI=1S/C81H135N25O20/c1-9-45(8)65(76(122)103-59(41-108)79(125)126)104-73(119)57(36-44(6)7)100-68(114)51(21-14-30-90-80(86)87)95-67(113)50(20-12-13-29-82)97-75(121)61-24-17-33-106(61)78(124)58(40-107)102-69(115)52(25-27-62(84)109)94-64(111)39-93-74(120)60-23-16-32-105(60)77(123)54(22-15-31-91-81(88)89)98-70(116)53(26-28-63(85)110)96-71(117)56(35-43(4)5)101-72(118)55(34-42(2)3)99-66(112)48(83)37-46-38-92-49-19-11-10-18-47(46)49/h10-11,18-19,38,42-45,48,50-61,65,92,107-108H,9,12-17,20-37,39-41,82-83H2,1-8H3,(H2,84,109)(H2,85,110)(H,93,120)(H,94,111)(H,95,113)(H,96,117)(H,97,121)(H,98,116)(H,99,112)(H,100,114)(H,101,118)(H,102,115)(H,103,122)(H,104,119)(H,125,126)(H4,86,87,90)(H4,88,89,91)/t45-,48-,50-,51-,52-,53-,54-,55-,56-,57-,58-,59-,60-,61-,65-/m0/s1. The number of likely N-dealkylation sites (tertiary alicyclic amines) is 2. The molecule has 0 saturated carbocycles. The van der Waals surface area contributed by atoms with Crippen molar-refractivity contribution < 1.29 is 96.8 Å². The predicted octanol–water partition coefficient (Wildman–Crippen LogP) is -6.51. The fourth-order valence-electron chi connectivity index (χ4n) is 14.5. The van der Waals surface area contributed by atoms with E-state index >= 15 is 0 Å².